The summed E-state index contributed by atoms with van der Waals surface area (Å²) in [7, 11) is 5.40. The third-order valence-corrected chi connectivity index (χ3v) is 3.09. The first-order chi connectivity index (χ1) is 8.02. The molecule has 0 heterocycles. The molecule has 0 aliphatic rings. The van der Waals surface area contributed by atoms with Gasteiger partial charge in [0, 0.05) is 13.2 Å². The molecule has 3 nitrogen and oxygen atoms in total. The maximum Gasteiger partial charge on any atom is 0.119 e. The molecule has 0 amide bonds. The topological polar surface area (TPSA) is 30.5 Å². The van der Waals surface area contributed by atoms with Gasteiger partial charge < -0.3 is 14.8 Å². The molecule has 0 saturated carbocycles. The molecule has 3 heteroatoms. The van der Waals surface area contributed by atoms with E-state index in [0.717, 1.165) is 12.2 Å². The highest BCUT2D eigenvalue weighted by atomic mass is 16.5. The van der Waals surface area contributed by atoms with Crippen molar-refractivity contribution in [1.82, 2.24) is 5.32 Å². The van der Waals surface area contributed by atoms with E-state index in [2.05, 4.69) is 31.3 Å². The molecule has 17 heavy (non-hydrogen) atoms. The first-order valence-electron chi connectivity index (χ1n) is 5.89. The van der Waals surface area contributed by atoms with Crippen LogP contribution in [0.25, 0.3) is 0 Å². The van der Waals surface area contributed by atoms with Gasteiger partial charge in [-0.25, -0.2) is 0 Å². The van der Waals surface area contributed by atoms with Crippen molar-refractivity contribution in [2.75, 3.05) is 21.3 Å². The lowest BCUT2D eigenvalue weighted by molar-refractivity contribution is 0.00743. The molecule has 1 atom stereocenters. The number of methoxy groups -OCH3 is 2. The van der Waals surface area contributed by atoms with Gasteiger partial charge in [-0.2, -0.15) is 0 Å². The third kappa shape index (κ3) is 4.02. The fourth-order valence-electron chi connectivity index (χ4n) is 1.82. The fourth-order valence-corrected chi connectivity index (χ4v) is 1.82. The Morgan fingerprint density at radius 2 is 2.00 bits per heavy atom. The molecule has 0 aliphatic heterocycles. The molecule has 0 fully saturated rings. The van der Waals surface area contributed by atoms with Gasteiger partial charge in [0.25, 0.3) is 0 Å². The second-order valence-corrected chi connectivity index (χ2v) is 4.79. The lowest BCUT2D eigenvalue weighted by Crippen LogP contribution is -2.30. The second kappa shape index (κ2) is 6.03. The van der Waals surface area contributed by atoms with E-state index in [9.17, 15) is 0 Å². The van der Waals surface area contributed by atoms with Crippen LogP contribution in [0.2, 0.25) is 0 Å². The average molecular weight is 237 g/mol. The minimum Gasteiger partial charge on any atom is -0.497 e. The van der Waals surface area contributed by atoms with Gasteiger partial charge in [-0.1, -0.05) is 12.1 Å². The van der Waals surface area contributed by atoms with E-state index >= 15 is 0 Å². The molecule has 1 aromatic carbocycles. The van der Waals surface area contributed by atoms with Crippen LogP contribution in [0.5, 0.6) is 5.75 Å². The number of ether oxygens (including phenoxy) is 2. The molecule has 0 aromatic heterocycles. The minimum atomic E-state index is -0.142. The van der Waals surface area contributed by atoms with Crippen molar-refractivity contribution in [3.63, 3.8) is 0 Å². The Balaban J connectivity index is 2.86. The number of rotatable bonds is 6. The summed E-state index contributed by atoms with van der Waals surface area (Å²) in [6.45, 7) is 4.19. The number of hydrogen-bond acceptors (Lipinski definition) is 3. The minimum absolute atomic E-state index is 0.142. The normalized spacial score (nSPS) is 13.5. The quantitative estimate of drug-likeness (QED) is 0.825. The number of hydrogen-bond donors (Lipinski definition) is 1. The Morgan fingerprint density at radius 3 is 2.53 bits per heavy atom. The van der Waals surface area contributed by atoms with E-state index in [1.54, 1.807) is 14.2 Å². The third-order valence-electron chi connectivity index (χ3n) is 3.09. The van der Waals surface area contributed by atoms with Crippen LogP contribution in [-0.4, -0.2) is 26.9 Å². The van der Waals surface area contributed by atoms with E-state index in [1.807, 2.05) is 19.2 Å². The summed E-state index contributed by atoms with van der Waals surface area (Å²) < 4.78 is 10.7. The van der Waals surface area contributed by atoms with Crippen molar-refractivity contribution in [3.8, 4) is 5.75 Å². The largest absolute Gasteiger partial charge is 0.497 e. The number of nitrogens with one attached hydrogen (secondary N) is 1. The molecular formula is C14H23NO2. The standard InChI is InChI=1S/C14H23NO2/c1-14(2,17-5)10-13(15-3)11-7-6-8-12(9-11)16-4/h6-9,13,15H,10H2,1-5H3. The Morgan fingerprint density at radius 1 is 1.29 bits per heavy atom. The van der Waals surface area contributed by atoms with Gasteiger partial charge in [-0.3, -0.25) is 0 Å². The van der Waals surface area contributed by atoms with Crippen LogP contribution in [0.3, 0.4) is 0 Å². The summed E-state index contributed by atoms with van der Waals surface area (Å²) in [5.41, 5.74) is 1.08. The summed E-state index contributed by atoms with van der Waals surface area (Å²) >= 11 is 0. The van der Waals surface area contributed by atoms with Crippen molar-refractivity contribution < 1.29 is 9.47 Å². The maximum atomic E-state index is 5.48. The van der Waals surface area contributed by atoms with Crippen LogP contribution in [0.1, 0.15) is 31.9 Å². The Bertz CT molecular complexity index is 350. The molecule has 1 aromatic rings. The number of benzene rings is 1. The molecule has 1 unspecified atom stereocenters. The van der Waals surface area contributed by atoms with Gasteiger partial charge in [-0.05, 0) is 45.0 Å². The molecular weight excluding hydrogens is 214 g/mol. The molecule has 1 N–H and O–H groups in total. The summed E-state index contributed by atoms with van der Waals surface area (Å²) in [6.07, 6.45) is 0.910. The van der Waals surface area contributed by atoms with Crippen molar-refractivity contribution in [2.45, 2.75) is 31.9 Å². The van der Waals surface area contributed by atoms with Crippen LogP contribution >= 0.6 is 0 Å². The average Bonchev–Trinajstić information content (AvgIpc) is 2.36. The van der Waals surface area contributed by atoms with Crippen molar-refractivity contribution in [1.29, 1.82) is 0 Å². The molecule has 0 spiro atoms. The van der Waals surface area contributed by atoms with Gasteiger partial charge in [0.05, 0.1) is 12.7 Å². The molecule has 0 bridgehead atoms. The lowest BCUT2D eigenvalue weighted by atomic mass is 9.93. The van der Waals surface area contributed by atoms with Crippen LogP contribution < -0.4 is 10.1 Å². The van der Waals surface area contributed by atoms with Crippen LogP contribution in [0.15, 0.2) is 24.3 Å². The fraction of sp³-hybridized carbons (Fsp3) is 0.571. The Hall–Kier alpha value is -1.06. The lowest BCUT2D eigenvalue weighted by Gasteiger charge is -2.28. The summed E-state index contributed by atoms with van der Waals surface area (Å²) in [4.78, 5) is 0. The SMILES string of the molecule is CNC(CC(C)(C)OC)c1cccc(OC)c1. The van der Waals surface area contributed by atoms with Crippen molar-refractivity contribution in [2.24, 2.45) is 0 Å². The van der Waals surface area contributed by atoms with E-state index in [-0.39, 0.29) is 11.6 Å². The molecule has 96 valence electrons. The van der Waals surface area contributed by atoms with Gasteiger partial charge in [-0.15, -0.1) is 0 Å². The Labute approximate surface area is 104 Å². The second-order valence-electron chi connectivity index (χ2n) is 4.79. The highest BCUT2D eigenvalue weighted by Gasteiger charge is 2.23. The van der Waals surface area contributed by atoms with Crippen molar-refractivity contribution in [3.05, 3.63) is 29.8 Å². The first kappa shape index (κ1) is 14.0. The zero-order valence-corrected chi connectivity index (χ0v) is 11.4. The summed E-state index contributed by atoms with van der Waals surface area (Å²) in [6, 6.07) is 8.40. The van der Waals surface area contributed by atoms with Crippen LogP contribution in [0, 0.1) is 0 Å². The molecule has 1 rings (SSSR count). The Kier molecular flexibility index (Phi) is 4.97. The highest BCUT2D eigenvalue weighted by molar-refractivity contribution is 5.30. The zero-order valence-electron chi connectivity index (χ0n) is 11.4. The van der Waals surface area contributed by atoms with Gasteiger partial charge in [0.2, 0.25) is 0 Å². The zero-order chi connectivity index (χ0) is 12.9. The smallest absolute Gasteiger partial charge is 0.119 e. The molecule has 0 saturated heterocycles. The monoisotopic (exact) mass is 237 g/mol. The van der Waals surface area contributed by atoms with E-state index in [0.29, 0.717) is 0 Å². The maximum absolute atomic E-state index is 5.48. The van der Waals surface area contributed by atoms with Gasteiger partial charge in [0.15, 0.2) is 0 Å². The molecule has 0 aliphatic carbocycles. The van der Waals surface area contributed by atoms with Crippen LogP contribution in [0.4, 0.5) is 0 Å². The van der Waals surface area contributed by atoms with E-state index in [4.69, 9.17) is 9.47 Å². The van der Waals surface area contributed by atoms with Crippen molar-refractivity contribution >= 4 is 0 Å². The summed E-state index contributed by atoms with van der Waals surface area (Å²) in [5, 5.41) is 3.32. The van der Waals surface area contributed by atoms with Gasteiger partial charge in [0.1, 0.15) is 5.75 Å². The molecule has 0 radical (unpaired) electrons. The summed E-state index contributed by atoms with van der Waals surface area (Å²) in [5.74, 6) is 0.887. The van der Waals surface area contributed by atoms with Crippen LogP contribution in [-0.2, 0) is 4.74 Å². The highest BCUT2D eigenvalue weighted by Crippen LogP contribution is 2.27. The van der Waals surface area contributed by atoms with E-state index in [1.165, 1.54) is 5.56 Å². The van der Waals surface area contributed by atoms with Gasteiger partial charge >= 0.3 is 0 Å². The predicted molar refractivity (Wildman–Crippen MR) is 70.5 cm³/mol. The predicted octanol–water partition coefficient (Wildman–Crippen LogP) is 2.77. The van der Waals surface area contributed by atoms with E-state index < -0.39 is 0 Å². The first-order valence-corrected chi connectivity index (χ1v) is 5.89.